The first-order valence-corrected chi connectivity index (χ1v) is 9.25. The van der Waals surface area contributed by atoms with Crippen LogP contribution in [0.5, 0.6) is 0 Å². The third-order valence-electron chi connectivity index (χ3n) is 5.28. The summed E-state index contributed by atoms with van der Waals surface area (Å²) in [7, 11) is 3.58. The lowest BCUT2D eigenvalue weighted by Crippen LogP contribution is -2.51. The van der Waals surface area contributed by atoms with Crippen LogP contribution in [0, 0.1) is 0 Å². The Bertz CT molecular complexity index is 749. The number of nitrogens with one attached hydrogen (secondary N) is 2. The molecule has 5 nitrogen and oxygen atoms in total. The average Bonchev–Trinajstić information content (AvgIpc) is 2.71. The maximum absolute atomic E-state index is 5.80. The third-order valence-corrected chi connectivity index (χ3v) is 5.28. The van der Waals surface area contributed by atoms with Crippen LogP contribution in [0.1, 0.15) is 31.4 Å². The predicted octanol–water partition coefficient (Wildman–Crippen LogP) is 3.26. The van der Waals surface area contributed by atoms with Crippen LogP contribution in [0.2, 0.25) is 0 Å². The molecule has 1 aliphatic heterocycles. The van der Waals surface area contributed by atoms with Crippen molar-refractivity contribution in [2.45, 2.75) is 31.4 Å². The molecule has 0 radical (unpaired) electrons. The fourth-order valence-corrected chi connectivity index (χ4v) is 3.55. The minimum atomic E-state index is -0.182. The summed E-state index contributed by atoms with van der Waals surface area (Å²) in [4.78, 5) is 4.39. The van der Waals surface area contributed by atoms with E-state index in [-0.39, 0.29) is 11.6 Å². The van der Waals surface area contributed by atoms with Crippen molar-refractivity contribution in [1.82, 2.24) is 10.6 Å². The van der Waals surface area contributed by atoms with Gasteiger partial charge in [0.1, 0.15) is 0 Å². The van der Waals surface area contributed by atoms with E-state index in [1.54, 1.807) is 14.2 Å². The molecular formula is C21H29N3O2. The largest absolute Gasteiger partial charge is 0.381 e. The molecule has 2 aromatic carbocycles. The lowest BCUT2D eigenvalue weighted by atomic mass is 9.94. The van der Waals surface area contributed by atoms with E-state index in [0.717, 1.165) is 38.6 Å². The van der Waals surface area contributed by atoms with Gasteiger partial charge in [-0.1, -0.05) is 42.5 Å². The maximum atomic E-state index is 5.80. The van der Waals surface area contributed by atoms with E-state index in [1.165, 1.54) is 16.3 Å². The minimum absolute atomic E-state index is 0.139. The van der Waals surface area contributed by atoms with E-state index in [9.17, 15) is 0 Å². The van der Waals surface area contributed by atoms with Crippen molar-refractivity contribution >= 4 is 16.7 Å². The second-order valence-electron chi connectivity index (χ2n) is 6.86. The van der Waals surface area contributed by atoms with Crippen molar-refractivity contribution in [3.05, 3.63) is 48.0 Å². The fourth-order valence-electron chi connectivity index (χ4n) is 3.55. The molecule has 1 saturated heterocycles. The molecule has 0 bridgehead atoms. The first-order valence-electron chi connectivity index (χ1n) is 9.25. The molecule has 1 atom stereocenters. The Kier molecular flexibility index (Phi) is 6.12. The number of nitrogens with zero attached hydrogens (tertiary/aromatic N) is 1. The van der Waals surface area contributed by atoms with Crippen molar-refractivity contribution < 1.29 is 9.47 Å². The molecule has 26 heavy (non-hydrogen) atoms. The number of methoxy groups -OCH3 is 1. The zero-order valence-electron chi connectivity index (χ0n) is 15.9. The summed E-state index contributed by atoms with van der Waals surface area (Å²) in [6.07, 6.45) is 1.79. The van der Waals surface area contributed by atoms with Crippen LogP contribution in [0.25, 0.3) is 10.8 Å². The smallest absolute Gasteiger partial charge is 0.191 e. The molecule has 0 spiro atoms. The van der Waals surface area contributed by atoms with Gasteiger partial charge in [0.15, 0.2) is 5.96 Å². The summed E-state index contributed by atoms with van der Waals surface area (Å²) in [5.74, 6) is 0.786. The van der Waals surface area contributed by atoms with Crippen molar-refractivity contribution in [1.29, 1.82) is 0 Å². The highest BCUT2D eigenvalue weighted by molar-refractivity contribution is 5.87. The lowest BCUT2D eigenvalue weighted by Gasteiger charge is -2.36. The molecule has 1 heterocycles. The molecule has 1 fully saturated rings. The maximum Gasteiger partial charge on any atom is 0.191 e. The molecule has 3 rings (SSSR count). The molecule has 140 valence electrons. The summed E-state index contributed by atoms with van der Waals surface area (Å²) in [5, 5.41) is 9.46. The van der Waals surface area contributed by atoms with E-state index in [0.29, 0.717) is 0 Å². The summed E-state index contributed by atoms with van der Waals surface area (Å²) >= 11 is 0. The van der Waals surface area contributed by atoms with Gasteiger partial charge in [0.25, 0.3) is 0 Å². The number of ether oxygens (including phenoxy) is 2. The number of fused-ring (bicyclic) bond motifs is 1. The van der Waals surface area contributed by atoms with Crippen molar-refractivity contribution in [3.8, 4) is 0 Å². The summed E-state index contributed by atoms with van der Waals surface area (Å²) < 4.78 is 11.3. The predicted molar refractivity (Wildman–Crippen MR) is 107 cm³/mol. The number of aliphatic imine (C=N–C) groups is 1. The number of hydrogen-bond acceptors (Lipinski definition) is 3. The van der Waals surface area contributed by atoms with Crippen LogP contribution in [0.3, 0.4) is 0 Å². The van der Waals surface area contributed by atoms with E-state index in [2.05, 4.69) is 65.0 Å². The number of rotatable bonds is 5. The third kappa shape index (κ3) is 4.17. The van der Waals surface area contributed by atoms with Gasteiger partial charge >= 0.3 is 0 Å². The second-order valence-corrected chi connectivity index (χ2v) is 6.86. The highest BCUT2D eigenvalue weighted by atomic mass is 16.5. The van der Waals surface area contributed by atoms with Gasteiger partial charge in [0, 0.05) is 46.8 Å². The van der Waals surface area contributed by atoms with Crippen molar-refractivity contribution in [3.63, 3.8) is 0 Å². The Labute approximate surface area is 155 Å². The number of benzene rings is 2. The molecule has 0 saturated carbocycles. The quantitative estimate of drug-likeness (QED) is 0.638. The van der Waals surface area contributed by atoms with Gasteiger partial charge in [-0.15, -0.1) is 0 Å². The standard InChI is InChI=1S/C21H29N3O2/c1-16(18-10-6-8-17-7-4-5-9-19(17)18)24-20(22-2)23-15-21(25-3)11-13-26-14-12-21/h4-10,16H,11-15H2,1-3H3,(H2,22,23,24). The summed E-state index contributed by atoms with van der Waals surface area (Å²) in [6, 6.07) is 15.0. The Balaban J connectivity index is 1.67. The molecule has 0 aromatic heterocycles. The molecule has 2 N–H and O–H groups in total. The molecular weight excluding hydrogens is 326 g/mol. The SMILES string of the molecule is CN=C(NCC1(OC)CCOCC1)NC(C)c1cccc2ccccc12. The fraction of sp³-hybridized carbons (Fsp3) is 0.476. The van der Waals surface area contributed by atoms with Gasteiger partial charge < -0.3 is 20.1 Å². The Morgan fingerprint density at radius 2 is 1.92 bits per heavy atom. The molecule has 1 unspecified atom stereocenters. The van der Waals surface area contributed by atoms with Crippen LogP contribution in [-0.4, -0.2) is 45.5 Å². The van der Waals surface area contributed by atoms with Crippen molar-refractivity contribution in [2.75, 3.05) is 33.9 Å². The minimum Gasteiger partial charge on any atom is -0.381 e. The number of hydrogen-bond donors (Lipinski definition) is 2. The average molecular weight is 355 g/mol. The Morgan fingerprint density at radius 1 is 1.19 bits per heavy atom. The zero-order chi connectivity index (χ0) is 18.4. The highest BCUT2D eigenvalue weighted by Gasteiger charge is 2.32. The van der Waals surface area contributed by atoms with Gasteiger partial charge in [0.05, 0.1) is 11.6 Å². The molecule has 1 aliphatic rings. The first-order chi connectivity index (χ1) is 12.7. The Hall–Kier alpha value is -2.11. The second kappa shape index (κ2) is 8.52. The van der Waals surface area contributed by atoms with E-state index < -0.39 is 0 Å². The van der Waals surface area contributed by atoms with Crippen molar-refractivity contribution in [2.24, 2.45) is 4.99 Å². The van der Waals surface area contributed by atoms with Gasteiger partial charge in [-0.3, -0.25) is 4.99 Å². The first kappa shape index (κ1) is 18.7. The van der Waals surface area contributed by atoms with E-state index in [1.807, 2.05) is 0 Å². The summed E-state index contributed by atoms with van der Waals surface area (Å²) in [6.45, 7) is 4.37. The van der Waals surface area contributed by atoms with Gasteiger partial charge in [0.2, 0.25) is 0 Å². The molecule has 0 amide bonds. The van der Waals surface area contributed by atoms with Gasteiger partial charge in [-0.25, -0.2) is 0 Å². The van der Waals surface area contributed by atoms with Crippen LogP contribution >= 0.6 is 0 Å². The molecule has 5 heteroatoms. The number of guanidine groups is 1. The van der Waals surface area contributed by atoms with Crippen LogP contribution in [0.15, 0.2) is 47.5 Å². The highest BCUT2D eigenvalue weighted by Crippen LogP contribution is 2.25. The molecule has 2 aromatic rings. The monoisotopic (exact) mass is 355 g/mol. The Morgan fingerprint density at radius 3 is 2.65 bits per heavy atom. The zero-order valence-corrected chi connectivity index (χ0v) is 15.9. The van der Waals surface area contributed by atoms with E-state index >= 15 is 0 Å². The summed E-state index contributed by atoms with van der Waals surface area (Å²) in [5.41, 5.74) is 1.08. The van der Waals surface area contributed by atoms with Crippen LogP contribution in [0.4, 0.5) is 0 Å². The lowest BCUT2D eigenvalue weighted by molar-refractivity contribution is -0.0855. The van der Waals surface area contributed by atoms with Crippen LogP contribution < -0.4 is 10.6 Å². The normalized spacial score (nSPS) is 18.5. The van der Waals surface area contributed by atoms with Gasteiger partial charge in [-0.2, -0.15) is 0 Å². The molecule has 0 aliphatic carbocycles. The topological polar surface area (TPSA) is 54.9 Å². The van der Waals surface area contributed by atoms with Gasteiger partial charge in [-0.05, 0) is 23.3 Å². The van der Waals surface area contributed by atoms with Crippen LogP contribution in [-0.2, 0) is 9.47 Å². The van der Waals surface area contributed by atoms with E-state index in [4.69, 9.17) is 9.47 Å².